The maximum absolute atomic E-state index is 12.2. The maximum Gasteiger partial charge on any atom is 0.260 e. The Morgan fingerprint density at radius 3 is 2.71 bits per heavy atom. The van der Waals surface area contributed by atoms with Gasteiger partial charge in [-0.15, -0.1) is 0 Å². The average Bonchev–Trinajstić information content (AvgIpc) is 2.76. The first-order valence-corrected chi connectivity index (χ1v) is 7.66. The van der Waals surface area contributed by atoms with E-state index >= 15 is 0 Å². The number of carbonyl (C=O) groups is 1. The minimum atomic E-state index is -0.554. The second-order valence-corrected chi connectivity index (χ2v) is 5.60. The Labute approximate surface area is 126 Å². The lowest BCUT2D eigenvalue weighted by atomic mass is 10.1. The van der Waals surface area contributed by atoms with Crippen LogP contribution < -0.4 is 10.1 Å². The molecule has 112 valence electrons. The van der Waals surface area contributed by atoms with Crippen molar-refractivity contribution in [2.45, 2.75) is 57.6 Å². The Morgan fingerprint density at radius 2 is 2.05 bits per heavy atom. The first-order chi connectivity index (χ1) is 10.2. The highest BCUT2D eigenvalue weighted by Crippen LogP contribution is 2.18. The van der Waals surface area contributed by atoms with Gasteiger partial charge in [0, 0.05) is 6.04 Å². The van der Waals surface area contributed by atoms with E-state index in [-0.39, 0.29) is 11.9 Å². The van der Waals surface area contributed by atoms with Crippen LogP contribution in [0.15, 0.2) is 24.3 Å². The Hall–Kier alpha value is -2.02. The molecule has 0 aliphatic heterocycles. The van der Waals surface area contributed by atoms with E-state index in [2.05, 4.69) is 11.4 Å². The molecule has 2 rings (SSSR count). The van der Waals surface area contributed by atoms with Crippen molar-refractivity contribution in [3.8, 4) is 11.8 Å². The Morgan fingerprint density at radius 1 is 1.33 bits per heavy atom. The van der Waals surface area contributed by atoms with Crippen molar-refractivity contribution in [3.05, 3.63) is 29.8 Å². The molecule has 1 atom stereocenters. The zero-order chi connectivity index (χ0) is 15.1. The minimum absolute atomic E-state index is 0.0794. The Kier molecular flexibility index (Phi) is 5.62. The molecule has 1 saturated carbocycles. The van der Waals surface area contributed by atoms with Crippen LogP contribution in [0, 0.1) is 11.3 Å². The van der Waals surface area contributed by atoms with Gasteiger partial charge >= 0.3 is 0 Å². The molecule has 1 N–H and O–H groups in total. The molecule has 4 nitrogen and oxygen atoms in total. The predicted molar refractivity (Wildman–Crippen MR) is 80.9 cm³/mol. The number of rotatable bonds is 4. The van der Waals surface area contributed by atoms with Crippen molar-refractivity contribution in [3.63, 3.8) is 0 Å². The molecule has 1 aliphatic rings. The van der Waals surface area contributed by atoms with Crippen LogP contribution >= 0.6 is 0 Å². The van der Waals surface area contributed by atoms with Crippen molar-refractivity contribution < 1.29 is 9.53 Å². The van der Waals surface area contributed by atoms with Gasteiger partial charge in [-0.3, -0.25) is 4.79 Å². The van der Waals surface area contributed by atoms with Gasteiger partial charge in [0.15, 0.2) is 6.10 Å². The van der Waals surface area contributed by atoms with E-state index in [0.29, 0.717) is 11.3 Å². The predicted octanol–water partition coefficient (Wildman–Crippen LogP) is 3.16. The molecule has 21 heavy (non-hydrogen) atoms. The standard InChI is InChI=1S/C17H22N2O2/c1-13(21-16-10-6-7-14(11-16)12-18)17(20)19-15-8-4-2-3-5-9-15/h6-7,10-11,13,15H,2-5,8-9H2,1H3,(H,19,20)/t13-/m0/s1. The SMILES string of the molecule is C[C@H](Oc1cccc(C#N)c1)C(=O)NC1CCCCCC1. The molecule has 0 saturated heterocycles. The first-order valence-electron chi connectivity index (χ1n) is 7.66. The summed E-state index contributed by atoms with van der Waals surface area (Å²) >= 11 is 0. The van der Waals surface area contributed by atoms with E-state index in [1.54, 1.807) is 31.2 Å². The summed E-state index contributed by atoms with van der Waals surface area (Å²) in [6.07, 6.45) is 6.46. The number of nitriles is 1. The highest BCUT2D eigenvalue weighted by molar-refractivity contribution is 5.81. The fourth-order valence-electron chi connectivity index (χ4n) is 2.64. The van der Waals surface area contributed by atoms with E-state index in [9.17, 15) is 4.79 Å². The van der Waals surface area contributed by atoms with Crippen LogP contribution in [0.5, 0.6) is 5.75 Å². The monoisotopic (exact) mass is 286 g/mol. The third-order valence-electron chi connectivity index (χ3n) is 3.85. The zero-order valence-electron chi connectivity index (χ0n) is 12.5. The summed E-state index contributed by atoms with van der Waals surface area (Å²) in [6, 6.07) is 9.21. The van der Waals surface area contributed by atoms with Crippen molar-refractivity contribution in [1.82, 2.24) is 5.32 Å². The van der Waals surface area contributed by atoms with E-state index in [4.69, 9.17) is 10.00 Å². The molecule has 0 unspecified atom stereocenters. The van der Waals surface area contributed by atoms with Gasteiger partial charge in [0.1, 0.15) is 5.75 Å². The summed E-state index contributed by atoms with van der Waals surface area (Å²) in [5.41, 5.74) is 0.531. The van der Waals surface area contributed by atoms with Crippen LogP contribution in [0.3, 0.4) is 0 Å². The summed E-state index contributed by atoms with van der Waals surface area (Å²) in [7, 11) is 0. The topological polar surface area (TPSA) is 62.1 Å². The molecular weight excluding hydrogens is 264 g/mol. The van der Waals surface area contributed by atoms with E-state index in [1.165, 1.54) is 25.7 Å². The number of nitrogens with one attached hydrogen (secondary N) is 1. The fourth-order valence-corrected chi connectivity index (χ4v) is 2.64. The van der Waals surface area contributed by atoms with Crippen LogP contribution in [0.1, 0.15) is 51.0 Å². The summed E-state index contributed by atoms with van der Waals surface area (Å²) < 4.78 is 5.63. The summed E-state index contributed by atoms with van der Waals surface area (Å²) in [4.78, 5) is 12.2. The molecule has 4 heteroatoms. The smallest absolute Gasteiger partial charge is 0.260 e. The molecule has 1 aromatic rings. The fraction of sp³-hybridized carbons (Fsp3) is 0.529. The summed E-state index contributed by atoms with van der Waals surface area (Å²) in [6.45, 7) is 1.74. The summed E-state index contributed by atoms with van der Waals surface area (Å²) in [5, 5.41) is 11.9. The molecule has 0 heterocycles. The lowest BCUT2D eigenvalue weighted by molar-refractivity contribution is -0.128. The largest absolute Gasteiger partial charge is 0.481 e. The molecule has 0 bridgehead atoms. The van der Waals surface area contributed by atoms with Crippen LogP contribution in [-0.4, -0.2) is 18.1 Å². The van der Waals surface area contributed by atoms with Gasteiger partial charge in [0.25, 0.3) is 5.91 Å². The molecule has 1 aromatic carbocycles. The Bertz CT molecular complexity index is 514. The van der Waals surface area contributed by atoms with Gasteiger partial charge in [-0.05, 0) is 38.0 Å². The lowest BCUT2D eigenvalue weighted by Crippen LogP contribution is -2.42. The second kappa shape index (κ2) is 7.68. The van der Waals surface area contributed by atoms with Crippen LogP contribution in [0.25, 0.3) is 0 Å². The van der Waals surface area contributed by atoms with Gasteiger partial charge < -0.3 is 10.1 Å². The highest BCUT2D eigenvalue weighted by Gasteiger charge is 2.20. The minimum Gasteiger partial charge on any atom is -0.481 e. The lowest BCUT2D eigenvalue weighted by Gasteiger charge is -2.20. The molecule has 0 radical (unpaired) electrons. The number of benzene rings is 1. The molecular formula is C17H22N2O2. The number of ether oxygens (including phenoxy) is 1. The molecule has 0 aromatic heterocycles. The van der Waals surface area contributed by atoms with Gasteiger partial charge in [0.2, 0.25) is 0 Å². The molecule has 1 amide bonds. The van der Waals surface area contributed by atoms with Gasteiger partial charge in [-0.2, -0.15) is 5.26 Å². The number of hydrogen-bond acceptors (Lipinski definition) is 3. The maximum atomic E-state index is 12.2. The van der Waals surface area contributed by atoms with E-state index in [0.717, 1.165) is 12.8 Å². The van der Waals surface area contributed by atoms with Crippen molar-refractivity contribution in [2.75, 3.05) is 0 Å². The summed E-state index contributed by atoms with van der Waals surface area (Å²) in [5.74, 6) is 0.474. The van der Waals surface area contributed by atoms with E-state index in [1.807, 2.05) is 0 Å². The normalized spacial score (nSPS) is 17.3. The quantitative estimate of drug-likeness (QED) is 0.865. The first kappa shape index (κ1) is 15.4. The van der Waals surface area contributed by atoms with Crippen molar-refractivity contribution in [2.24, 2.45) is 0 Å². The zero-order valence-corrected chi connectivity index (χ0v) is 12.5. The van der Waals surface area contributed by atoms with Gasteiger partial charge in [0.05, 0.1) is 11.6 Å². The molecule has 1 aliphatic carbocycles. The third kappa shape index (κ3) is 4.78. The van der Waals surface area contributed by atoms with Crippen LogP contribution in [0.2, 0.25) is 0 Å². The number of nitrogens with zero attached hydrogens (tertiary/aromatic N) is 1. The molecule has 1 fully saturated rings. The van der Waals surface area contributed by atoms with Crippen LogP contribution in [0.4, 0.5) is 0 Å². The highest BCUT2D eigenvalue weighted by atomic mass is 16.5. The third-order valence-corrected chi connectivity index (χ3v) is 3.85. The average molecular weight is 286 g/mol. The second-order valence-electron chi connectivity index (χ2n) is 5.60. The Balaban J connectivity index is 1.88. The molecule has 0 spiro atoms. The van der Waals surface area contributed by atoms with Gasteiger partial charge in [-0.25, -0.2) is 0 Å². The van der Waals surface area contributed by atoms with Crippen molar-refractivity contribution >= 4 is 5.91 Å². The number of carbonyl (C=O) groups excluding carboxylic acids is 1. The van der Waals surface area contributed by atoms with E-state index < -0.39 is 6.10 Å². The number of hydrogen-bond donors (Lipinski definition) is 1. The van der Waals surface area contributed by atoms with Gasteiger partial charge in [-0.1, -0.05) is 31.7 Å². The van der Waals surface area contributed by atoms with Crippen molar-refractivity contribution in [1.29, 1.82) is 5.26 Å². The van der Waals surface area contributed by atoms with Crippen LogP contribution in [-0.2, 0) is 4.79 Å². The number of amides is 1.